The van der Waals surface area contributed by atoms with Crippen LogP contribution in [0.3, 0.4) is 0 Å². The van der Waals surface area contributed by atoms with Crippen LogP contribution in [0, 0.1) is 0 Å². The average Bonchev–Trinajstić information content (AvgIpc) is 2.08. The molecule has 0 bridgehead atoms. The van der Waals surface area contributed by atoms with E-state index in [9.17, 15) is 0 Å². The summed E-state index contributed by atoms with van der Waals surface area (Å²) in [5.41, 5.74) is 0. The van der Waals surface area contributed by atoms with E-state index >= 15 is 0 Å². The van der Waals surface area contributed by atoms with Crippen molar-refractivity contribution in [2.45, 2.75) is 79.8 Å². The van der Waals surface area contributed by atoms with Crippen molar-refractivity contribution >= 4 is 8.60 Å². The van der Waals surface area contributed by atoms with Gasteiger partial charge in [-0.3, -0.25) is 0 Å². The second kappa shape index (κ2) is 12.3. The molecule has 0 aromatic rings. The van der Waals surface area contributed by atoms with Gasteiger partial charge in [-0.2, -0.15) is 0 Å². The summed E-state index contributed by atoms with van der Waals surface area (Å²) in [6, 6.07) is 0. The molecule has 0 atom stereocenters. The minimum atomic E-state index is -3.62. The van der Waals surface area contributed by atoms with Crippen LogP contribution in [0.1, 0.15) is 55.4 Å². The molecular formula is C12H31O7PTi. The standard InChI is InChI=1S/4C3H7O.H3O3P.Ti/c4*1-3(2)4;1-4(2)3;/h4*3H,1-2H3;1-3H;/q4*-1;;+4. The molecule has 0 heterocycles. The van der Waals surface area contributed by atoms with Crippen molar-refractivity contribution in [3.05, 3.63) is 0 Å². The van der Waals surface area contributed by atoms with E-state index in [1.807, 2.05) is 55.4 Å². The summed E-state index contributed by atoms with van der Waals surface area (Å²) in [6.45, 7) is 15.8. The van der Waals surface area contributed by atoms with Crippen molar-refractivity contribution in [2.75, 3.05) is 0 Å². The van der Waals surface area contributed by atoms with E-state index in [-0.39, 0.29) is 24.4 Å². The van der Waals surface area contributed by atoms with E-state index in [4.69, 9.17) is 28.0 Å². The number of hydrogen-bond donors (Lipinski definition) is 3. The van der Waals surface area contributed by atoms with E-state index in [0.717, 1.165) is 0 Å². The van der Waals surface area contributed by atoms with Gasteiger partial charge >= 0.3 is 120 Å². The van der Waals surface area contributed by atoms with Crippen molar-refractivity contribution < 1.29 is 46.1 Å². The topological polar surface area (TPSA) is 97.6 Å². The van der Waals surface area contributed by atoms with E-state index < -0.39 is 26.7 Å². The van der Waals surface area contributed by atoms with Crippen molar-refractivity contribution in [3.63, 3.8) is 0 Å². The molecule has 0 spiro atoms. The second-order valence-electron chi connectivity index (χ2n) is 5.43. The van der Waals surface area contributed by atoms with Crippen molar-refractivity contribution in [1.82, 2.24) is 0 Å². The Bertz CT molecular complexity index is 201. The first kappa shape index (κ1) is 24.1. The molecule has 0 saturated heterocycles. The molecule has 0 aromatic carbocycles. The summed E-state index contributed by atoms with van der Waals surface area (Å²) < 4.78 is 23.6. The van der Waals surface area contributed by atoms with Crippen LogP contribution in [0.25, 0.3) is 0 Å². The Kier molecular flexibility index (Phi) is 14.1. The maximum Gasteiger partial charge on any atom is 0.324 e. The summed E-state index contributed by atoms with van der Waals surface area (Å²) in [6.07, 6.45) is 0.134. The van der Waals surface area contributed by atoms with E-state index in [1.165, 1.54) is 0 Å². The molecule has 130 valence electrons. The third-order valence-electron chi connectivity index (χ3n) is 1.52. The zero-order valence-corrected chi connectivity index (χ0v) is 16.7. The number of rotatable bonds is 8. The summed E-state index contributed by atoms with van der Waals surface area (Å²) >= 11 is -3.62. The fourth-order valence-corrected chi connectivity index (χ4v) is 5.45. The normalized spacial score (nSPS) is 12.6. The molecule has 0 amide bonds. The third kappa shape index (κ3) is 17.1. The Morgan fingerprint density at radius 1 is 0.571 bits per heavy atom. The van der Waals surface area contributed by atoms with E-state index in [0.29, 0.717) is 0 Å². The zero-order valence-electron chi connectivity index (χ0n) is 14.2. The predicted molar refractivity (Wildman–Crippen MR) is 78.5 cm³/mol. The van der Waals surface area contributed by atoms with Gasteiger partial charge in [0.05, 0.1) is 0 Å². The zero-order chi connectivity index (χ0) is 17.2. The van der Waals surface area contributed by atoms with Gasteiger partial charge in [0.15, 0.2) is 0 Å². The molecule has 0 aliphatic heterocycles. The van der Waals surface area contributed by atoms with Crippen LogP contribution in [0.4, 0.5) is 0 Å². The first-order valence-corrected chi connectivity index (χ1v) is 10.7. The summed E-state index contributed by atoms with van der Waals surface area (Å²) in [5, 5.41) is 0. The average molecular weight is 366 g/mol. The van der Waals surface area contributed by atoms with E-state index in [1.54, 1.807) is 0 Å². The molecule has 0 aliphatic rings. The maximum absolute atomic E-state index is 7.23. The minimum Gasteiger partial charge on any atom is -0.328 e. The fraction of sp³-hybridized carbons (Fsp3) is 1.00. The number of hydrogen-bond acceptors (Lipinski definition) is 7. The fourth-order valence-electron chi connectivity index (χ4n) is 1.32. The second-order valence-corrected chi connectivity index (χ2v) is 9.01. The van der Waals surface area contributed by atoms with Crippen molar-refractivity contribution in [2.24, 2.45) is 0 Å². The Balaban J connectivity index is 0. The van der Waals surface area contributed by atoms with Crippen LogP contribution in [0.15, 0.2) is 0 Å². The van der Waals surface area contributed by atoms with Crippen LogP contribution < -0.4 is 0 Å². The molecule has 3 N–H and O–H groups in total. The molecule has 0 radical (unpaired) electrons. The molecule has 9 heteroatoms. The van der Waals surface area contributed by atoms with Gasteiger partial charge in [0.1, 0.15) is 0 Å². The van der Waals surface area contributed by atoms with Gasteiger partial charge in [-0.25, -0.2) is 0 Å². The Hall–Kier alpha value is 0.864. The quantitative estimate of drug-likeness (QED) is 0.449. The van der Waals surface area contributed by atoms with E-state index in [2.05, 4.69) is 0 Å². The monoisotopic (exact) mass is 366 g/mol. The van der Waals surface area contributed by atoms with Crippen molar-refractivity contribution in [1.29, 1.82) is 0 Å². The Morgan fingerprint density at radius 2 is 0.714 bits per heavy atom. The van der Waals surface area contributed by atoms with Gasteiger partial charge in [0.25, 0.3) is 0 Å². The van der Waals surface area contributed by atoms with Crippen LogP contribution in [0.2, 0.25) is 0 Å². The van der Waals surface area contributed by atoms with Gasteiger partial charge in [-0.15, -0.1) is 0 Å². The maximum atomic E-state index is 7.23. The Labute approximate surface area is 134 Å². The summed E-state index contributed by atoms with van der Waals surface area (Å²) in [5.74, 6) is 0. The molecular weight excluding hydrogens is 335 g/mol. The van der Waals surface area contributed by atoms with Crippen LogP contribution in [0.5, 0.6) is 0 Å². The van der Waals surface area contributed by atoms with Gasteiger partial charge in [-0.05, 0) is 0 Å². The molecule has 7 nitrogen and oxygen atoms in total. The van der Waals surface area contributed by atoms with Crippen LogP contribution in [-0.2, 0) is 31.4 Å². The predicted octanol–water partition coefficient (Wildman–Crippen LogP) is 2.69. The van der Waals surface area contributed by atoms with Crippen LogP contribution in [-0.4, -0.2) is 39.1 Å². The molecule has 21 heavy (non-hydrogen) atoms. The van der Waals surface area contributed by atoms with Gasteiger partial charge in [0, 0.05) is 0 Å². The van der Waals surface area contributed by atoms with Gasteiger partial charge in [0.2, 0.25) is 0 Å². The molecule has 0 rings (SSSR count). The molecule has 0 aromatic heterocycles. The molecule has 0 aliphatic carbocycles. The first-order chi connectivity index (χ1) is 9.40. The summed E-state index contributed by atoms with van der Waals surface area (Å²) in [7, 11) is -2.62. The van der Waals surface area contributed by atoms with Gasteiger partial charge in [-0.1, -0.05) is 0 Å². The molecule has 0 saturated carbocycles. The van der Waals surface area contributed by atoms with Crippen molar-refractivity contribution in [3.8, 4) is 0 Å². The molecule has 0 fully saturated rings. The Morgan fingerprint density at radius 3 is 0.810 bits per heavy atom. The van der Waals surface area contributed by atoms with Crippen LogP contribution >= 0.6 is 8.60 Å². The van der Waals surface area contributed by atoms with Gasteiger partial charge < -0.3 is 14.7 Å². The smallest absolute Gasteiger partial charge is 0.324 e. The minimum absolute atomic E-state index is 0.0336. The third-order valence-corrected chi connectivity index (χ3v) is 6.27. The largest absolute Gasteiger partial charge is 0.328 e. The first-order valence-electron chi connectivity index (χ1n) is 6.98. The molecule has 0 unspecified atom stereocenters. The SMILES string of the molecule is CC(C)[O][Ti]([O]C(C)C)([O]C(C)C)[O]C(C)C.OP(O)O. The summed E-state index contributed by atoms with van der Waals surface area (Å²) in [4.78, 5) is 21.7.